The third-order valence-electron chi connectivity index (χ3n) is 2.41. The molecule has 0 spiro atoms. The molecule has 2 heteroatoms. The van der Waals surface area contributed by atoms with E-state index in [1.807, 2.05) is 25.1 Å². The molecule has 0 heterocycles. The van der Waals surface area contributed by atoms with Gasteiger partial charge in [-0.25, -0.2) is 0 Å². The lowest BCUT2D eigenvalue weighted by Gasteiger charge is -2.03. The Morgan fingerprint density at radius 2 is 1.47 bits per heavy atom. The summed E-state index contributed by atoms with van der Waals surface area (Å²) in [5.74, 6) is 0. The molecule has 0 aliphatic heterocycles. The van der Waals surface area contributed by atoms with Gasteiger partial charge in [-0.05, 0) is 19.1 Å². The minimum absolute atomic E-state index is 0.615. The molecule has 2 rings (SSSR count). The van der Waals surface area contributed by atoms with E-state index in [2.05, 4.69) is 12.1 Å². The van der Waals surface area contributed by atoms with Crippen LogP contribution in [0.4, 0.5) is 0 Å². The van der Waals surface area contributed by atoms with Gasteiger partial charge in [0, 0.05) is 10.8 Å². The van der Waals surface area contributed by atoms with E-state index in [9.17, 15) is 0 Å². The second kappa shape index (κ2) is 3.44. The van der Waals surface area contributed by atoms with Crippen molar-refractivity contribution < 1.29 is 0 Å². The van der Waals surface area contributed by atoms with Crippen molar-refractivity contribution >= 4 is 10.8 Å². The van der Waals surface area contributed by atoms with Crippen LogP contribution in [0, 0.1) is 29.6 Å². The summed E-state index contributed by atoms with van der Waals surface area (Å²) < 4.78 is 0. The van der Waals surface area contributed by atoms with Gasteiger partial charge in [0.15, 0.2) is 0 Å². The summed E-state index contributed by atoms with van der Waals surface area (Å²) in [5.41, 5.74) is 2.32. The van der Waals surface area contributed by atoms with Gasteiger partial charge in [-0.3, -0.25) is 0 Å². The van der Waals surface area contributed by atoms with Crippen molar-refractivity contribution in [2.75, 3.05) is 0 Å². The van der Waals surface area contributed by atoms with Crippen LogP contribution in [-0.2, 0) is 0 Å². The zero-order valence-electron chi connectivity index (χ0n) is 8.28. The topological polar surface area (TPSA) is 47.6 Å². The number of aryl methyl sites for hydroxylation is 1. The van der Waals surface area contributed by atoms with Crippen molar-refractivity contribution in [2.24, 2.45) is 0 Å². The molecule has 0 saturated heterocycles. The van der Waals surface area contributed by atoms with E-state index < -0.39 is 0 Å². The normalized spacial score (nSPS) is 9.53. The summed E-state index contributed by atoms with van der Waals surface area (Å²) in [6.45, 7) is 1.97. The van der Waals surface area contributed by atoms with Crippen LogP contribution in [0.25, 0.3) is 10.8 Å². The minimum atomic E-state index is 0.615. The van der Waals surface area contributed by atoms with Crippen LogP contribution in [0.3, 0.4) is 0 Å². The van der Waals surface area contributed by atoms with Crippen LogP contribution < -0.4 is 0 Å². The largest absolute Gasteiger partial charge is 0.192 e. The number of hydrogen-bond donors (Lipinski definition) is 0. The van der Waals surface area contributed by atoms with Crippen LogP contribution in [0.5, 0.6) is 0 Å². The van der Waals surface area contributed by atoms with E-state index in [0.717, 1.165) is 16.3 Å². The minimum Gasteiger partial charge on any atom is -0.192 e. The van der Waals surface area contributed by atoms with E-state index in [4.69, 9.17) is 10.5 Å². The third kappa shape index (κ3) is 1.43. The molecule has 0 radical (unpaired) electrons. The number of fused-ring (bicyclic) bond motifs is 1. The molecular formula is C13H8N2. The second-order valence-corrected chi connectivity index (χ2v) is 3.43. The molecule has 0 aliphatic carbocycles. The van der Waals surface area contributed by atoms with Gasteiger partial charge in [-0.1, -0.05) is 23.8 Å². The molecule has 2 aromatic rings. The van der Waals surface area contributed by atoms with Crippen LogP contribution in [0.2, 0.25) is 0 Å². The Morgan fingerprint density at radius 1 is 0.867 bits per heavy atom. The van der Waals surface area contributed by atoms with Crippen LogP contribution in [0.15, 0.2) is 30.3 Å². The Kier molecular flexibility index (Phi) is 2.12. The van der Waals surface area contributed by atoms with Gasteiger partial charge in [-0.15, -0.1) is 0 Å². The maximum atomic E-state index is 8.96. The quantitative estimate of drug-likeness (QED) is 0.644. The zero-order chi connectivity index (χ0) is 10.8. The Labute approximate surface area is 88.0 Å². The van der Waals surface area contributed by atoms with Gasteiger partial charge >= 0.3 is 0 Å². The predicted molar refractivity (Wildman–Crippen MR) is 58.1 cm³/mol. The first-order chi connectivity index (χ1) is 7.26. The molecule has 0 aliphatic rings. The van der Waals surface area contributed by atoms with Gasteiger partial charge in [0.2, 0.25) is 0 Å². The fourth-order valence-corrected chi connectivity index (χ4v) is 1.66. The highest BCUT2D eigenvalue weighted by Crippen LogP contribution is 2.23. The first kappa shape index (κ1) is 9.24. The van der Waals surface area contributed by atoms with Crippen molar-refractivity contribution in [1.82, 2.24) is 0 Å². The lowest BCUT2D eigenvalue weighted by molar-refractivity contribution is 1.46. The lowest BCUT2D eigenvalue weighted by Crippen LogP contribution is -1.85. The number of nitrogens with zero attached hydrogens (tertiary/aromatic N) is 2. The monoisotopic (exact) mass is 192 g/mol. The molecule has 0 N–H and O–H groups in total. The Bertz CT molecular complexity index is 613. The average molecular weight is 192 g/mol. The summed E-state index contributed by atoms with van der Waals surface area (Å²) in [7, 11) is 0. The van der Waals surface area contributed by atoms with Crippen molar-refractivity contribution in [1.29, 1.82) is 10.5 Å². The number of rotatable bonds is 0. The van der Waals surface area contributed by atoms with E-state index in [1.165, 1.54) is 0 Å². The molecule has 70 valence electrons. The molecular weight excluding hydrogens is 184 g/mol. The van der Waals surface area contributed by atoms with Crippen molar-refractivity contribution in [3.8, 4) is 12.1 Å². The molecule has 0 bridgehead atoms. The van der Waals surface area contributed by atoms with Crippen molar-refractivity contribution in [3.63, 3.8) is 0 Å². The van der Waals surface area contributed by atoms with Gasteiger partial charge in [-0.2, -0.15) is 10.5 Å². The second-order valence-electron chi connectivity index (χ2n) is 3.43. The summed E-state index contributed by atoms with van der Waals surface area (Å²) in [5, 5.41) is 19.6. The molecule has 2 nitrogen and oxygen atoms in total. The highest BCUT2D eigenvalue weighted by Gasteiger charge is 2.04. The highest BCUT2D eigenvalue weighted by atomic mass is 14.3. The number of nitriles is 2. The Balaban J connectivity index is 2.96. The molecule has 0 fully saturated rings. The van der Waals surface area contributed by atoms with Gasteiger partial charge in [0.1, 0.15) is 0 Å². The maximum Gasteiger partial charge on any atom is 0.0998 e. The van der Waals surface area contributed by atoms with Crippen LogP contribution in [-0.4, -0.2) is 0 Å². The average Bonchev–Trinajstić information content (AvgIpc) is 2.27. The van der Waals surface area contributed by atoms with Gasteiger partial charge < -0.3 is 0 Å². The summed E-state index contributed by atoms with van der Waals surface area (Å²) in [6, 6.07) is 13.4. The van der Waals surface area contributed by atoms with Crippen molar-refractivity contribution in [2.45, 2.75) is 6.92 Å². The van der Waals surface area contributed by atoms with E-state index in [-0.39, 0.29) is 0 Å². The standard InChI is InChI=1S/C13H8N2/c1-9-2-5-12-10(7-14)3-4-11(8-15)13(12)6-9/h2-6H,1H3. The smallest absolute Gasteiger partial charge is 0.0998 e. The molecule has 0 saturated carbocycles. The van der Waals surface area contributed by atoms with Crippen molar-refractivity contribution in [3.05, 3.63) is 47.0 Å². The summed E-state index contributed by atoms with van der Waals surface area (Å²) in [6.07, 6.45) is 0. The first-order valence-corrected chi connectivity index (χ1v) is 4.60. The predicted octanol–water partition coefficient (Wildman–Crippen LogP) is 2.89. The highest BCUT2D eigenvalue weighted by molar-refractivity contribution is 5.92. The lowest BCUT2D eigenvalue weighted by atomic mass is 9.99. The number of hydrogen-bond acceptors (Lipinski definition) is 2. The molecule has 0 aromatic heterocycles. The van der Waals surface area contributed by atoms with E-state index >= 15 is 0 Å². The van der Waals surface area contributed by atoms with Crippen LogP contribution in [0.1, 0.15) is 16.7 Å². The molecule has 15 heavy (non-hydrogen) atoms. The summed E-state index contributed by atoms with van der Waals surface area (Å²) in [4.78, 5) is 0. The number of benzene rings is 2. The Morgan fingerprint density at radius 3 is 2.07 bits per heavy atom. The molecule has 0 amide bonds. The fraction of sp³-hybridized carbons (Fsp3) is 0.0769. The van der Waals surface area contributed by atoms with Crippen LogP contribution >= 0.6 is 0 Å². The molecule has 2 aromatic carbocycles. The van der Waals surface area contributed by atoms with Gasteiger partial charge in [0.05, 0.1) is 23.3 Å². The maximum absolute atomic E-state index is 8.96. The first-order valence-electron chi connectivity index (χ1n) is 4.60. The fourth-order valence-electron chi connectivity index (χ4n) is 1.66. The molecule has 0 unspecified atom stereocenters. The SMILES string of the molecule is Cc1ccc2c(C#N)ccc(C#N)c2c1. The van der Waals surface area contributed by atoms with Gasteiger partial charge in [0.25, 0.3) is 0 Å². The van der Waals surface area contributed by atoms with E-state index in [1.54, 1.807) is 12.1 Å². The zero-order valence-corrected chi connectivity index (χ0v) is 8.28. The van der Waals surface area contributed by atoms with E-state index in [0.29, 0.717) is 11.1 Å². The third-order valence-corrected chi connectivity index (χ3v) is 2.41. The Hall–Kier alpha value is -2.32. The summed E-state index contributed by atoms with van der Waals surface area (Å²) >= 11 is 0. The molecule has 0 atom stereocenters.